The van der Waals surface area contributed by atoms with Crippen LogP contribution in [0.25, 0.3) is 0 Å². The summed E-state index contributed by atoms with van der Waals surface area (Å²) in [6.07, 6.45) is -2.98. The van der Waals surface area contributed by atoms with Crippen LogP contribution in [0, 0.1) is 0 Å². The molecule has 0 aromatic heterocycles. The Balaban J connectivity index is 2.50. The predicted molar refractivity (Wildman–Crippen MR) is 49.3 cm³/mol. The van der Waals surface area contributed by atoms with E-state index in [4.69, 9.17) is 11.6 Å². The van der Waals surface area contributed by atoms with Crippen LogP contribution < -0.4 is 5.32 Å². The lowest BCUT2D eigenvalue weighted by molar-refractivity contribution is -0.131. The SMILES string of the molecule is O=C(NCc1cccc(Cl)c1)C(F)F. The highest BCUT2D eigenvalue weighted by molar-refractivity contribution is 6.30. The van der Waals surface area contributed by atoms with E-state index in [2.05, 4.69) is 5.32 Å². The lowest BCUT2D eigenvalue weighted by Gasteiger charge is -2.04. The van der Waals surface area contributed by atoms with Gasteiger partial charge in [0.15, 0.2) is 0 Å². The fraction of sp³-hybridized carbons (Fsp3) is 0.222. The molecule has 1 aromatic carbocycles. The van der Waals surface area contributed by atoms with Gasteiger partial charge in [-0.3, -0.25) is 4.79 Å². The number of carbonyl (C=O) groups is 1. The molecule has 0 saturated carbocycles. The second kappa shape index (κ2) is 4.91. The molecular weight excluding hydrogens is 212 g/mol. The summed E-state index contributed by atoms with van der Waals surface area (Å²) in [5.41, 5.74) is 0.687. The molecule has 0 unspecified atom stereocenters. The van der Waals surface area contributed by atoms with Gasteiger partial charge in [-0.1, -0.05) is 23.7 Å². The predicted octanol–water partition coefficient (Wildman–Crippen LogP) is 2.22. The van der Waals surface area contributed by atoms with Crippen molar-refractivity contribution in [1.29, 1.82) is 0 Å². The van der Waals surface area contributed by atoms with E-state index in [1.807, 2.05) is 0 Å². The number of hydrogen-bond donors (Lipinski definition) is 1. The first-order chi connectivity index (χ1) is 6.59. The molecule has 0 aliphatic heterocycles. The Morgan fingerprint density at radius 3 is 2.79 bits per heavy atom. The minimum absolute atomic E-state index is 0.0593. The molecule has 2 nitrogen and oxygen atoms in total. The van der Waals surface area contributed by atoms with Crippen molar-refractivity contribution in [3.8, 4) is 0 Å². The molecule has 0 bridgehead atoms. The molecule has 0 saturated heterocycles. The van der Waals surface area contributed by atoms with E-state index >= 15 is 0 Å². The number of amides is 1. The van der Waals surface area contributed by atoms with Gasteiger partial charge in [0.1, 0.15) is 0 Å². The summed E-state index contributed by atoms with van der Waals surface area (Å²) >= 11 is 5.66. The van der Waals surface area contributed by atoms with Crippen LogP contribution in [0.4, 0.5) is 8.78 Å². The topological polar surface area (TPSA) is 29.1 Å². The highest BCUT2D eigenvalue weighted by Crippen LogP contribution is 2.10. The van der Waals surface area contributed by atoms with Gasteiger partial charge >= 0.3 is 6.43 Å². The van der Waals surface area contributed by atoms with Crippen molar-refractivity contribution in [2.45, 2.75) is 13.0 Å². The first kappa shape index (κ1) is 10.9. The van der Waals surface area contributed by atoms with Crippen molar-refractivity contribution in [2.24, 2.45) is 0 Å². The minimum Gasteiger partial charge on any atom is -0.347 e. The van der Waals surface area contributed by atoms with Gasteiger partial charge in [0.2, 0.25) is 0 Å². The Labute approximate surface area is 84.9 Å². The van der Waals surface area contributed by atoms with Gasteiger partial charge < -0.3 is 5.32 Å². The number of nitrogens with one attached hydrogen (secondary N) is 1. The fourth-order valence-electron chi connectivity index (χ4n) is 0.913. The van der Waals surface area contributed by atoms with Crippen molar-refractivity contribution < 1.29 is 13.6 Å². The third-order valence-electron chi connectivity index (χ3n) is 1.55. The number of benzene rings is 1. The Bertz CT molecular complexity index is 330. The number of rotatable bonds is 3. The van der Waals surface area contributed by atoms with Gasteiger partial charge in [-0.2, -0.15) is 8.78 Å². The van der Waals surface area contributed by atoms with Crippen LogP contribution in [-0.4, -0.2) is 12.3 Å². The maximum absolute atomic E-state index is 11.8. The van der Waals surface area contributed by atoms with E-state index in [1.165, 1.54) is 0 Å². The largest absolute Gasteiger partial charge is 0.347 e. The standard InChI is InChI=1S/C9H8ClF2NO/c10-7-3-1-2-6(4-7)5-13-9(14)8(11)12/h1-4,8H,5H2,(H,13,14). The van der Waals surface area contributed by atoms with Gasteiger partial charge in [-0.25, -0.2) is 0 Å². The number of hydrogen-bond acceptors (Lipinski definition) is 1. The summed E-state index contributed by atoms with van der Waals surface area (Å²) < 4.78 is 23.5. The normalized spacial score (nSPS) is 10.3. The summed E-state index contributed by atoms with van der Waals surface area (Å²) in [5.74, 6) is -1.27. The van der Waals surface area contributed by atoms with Crippen LogP contribution in [0.5, 0.6) is 0 Å². The van der Waals surface area contributed by atoms with Crippen molar-refractivity contribution in [1.82, 2.24) is 5.32 Å². The first-order valence-electron chi connectivity index (χ1n) is 3.90. The highest BCUT2D eigenvalue weighted by atomic mass is 35.5. The number of alkyl halides is 2. The number of halogens is 3. The van der Waals surface area contributed by atoms with Gasteiger partial charge in [0, 0.05) is 11.6 Å². The van der Waals surface area contributed by atoms with Gasteiger partial charge in [0.25, 0.3) is 5.91 Å². The van der Waals surface area contributed by atoms with E-state index in [1.54, 1.807) is 24.3 Å². The van der Waals surface area contributed by atoms with Crippen LogP contribution >= 0.6 is 11.6 Å². The van der Waals surface area contributed by atoms with Gasteiger partial charge in [-0.15, -0.1) is 0 Å². The molecule has 1 aromatic rings. The summed E-state index contributed by atoms with van der Waals surface area (Å²) in [6, 6.07) is 6.65. The van der Waals surface area contributed by atoms with E-state index in [0.717, 1.165) is 0 Å². The molecule has 0 spiro atoms. The fourth-order valence-corrected chi connectivity index (χ4v) is 1.13. The average molecular weight is 220 g/mol. The summed E-state index contributed by atoms with van der Waals surface area (Å²) in [5, 5.41) is 2.59. The zero-order chi connectivity index (χ0) is 10.6. The van der Waals surface area contributed by atoms with Crippen LogP contribution in [0.1, 0.15) is 5.56 Å². The summed E-state index contributed by atoms with van der Waals surface area (Å²) in [7, 11) is 0. The second-order valence-corrected chi connectivity index (χ2v) is 3.08. The van der Waals surface area contributed by atoms with E-state index in [0.29, 0.717) is 10.6 Å². The quantitative estimate of drug-likeness (QED) is 0.830. The number of carbonyl (C=O) groups excluding carboxylic acids is 1. The molecule has 0 heterocycles. The van der Waals surface area contributed by atoms with Crippen LogP contribution in [0.3, 0.4) is 0 Å². The third kappa shape index (κ3) is 3.30. The molecular formula is C9H8ClF2NO. The molecule has 0 fully saturated rings. The smallest absolute Gasteiger partial charge is 0.315 e. The van der Waals surface area contributed by atoms with Crippen LogP contribution in [0.2, 0.25) is 5.02 Å². The summed E-state index contributed by atoms with van der Waals surface area (Å²) in [6.45, 7) is 0.0593. The minimum atomic E-state index is -2.98. The molecule has 5 heteroatoms. The highest BCUT2D eigenvalue weighted by Gasteiger charge is 2.13. The maximum Gasteiger partial charge on any atom is 0.315 e. The molecule has 0 aliphatic rings. The van der Waals surface area contributed by atoms with Crippen molar-refractivity contribution in [2.75, 3.05) is 0 Å². The van der Waals surface area contributed by atoms with E-state index in [9.17, 15) is 13.6 Å². The maximum atomic E-state index is 11.8. The lowest BCUT2D eigenvalue weighted by atomic mass is 10.2. The van der Waals surface area contributed by atoms with Gasteiger partial charge in [-0.05, 0) is 17.7 Å². The van der Waals surface area contributed by atoms with Crippen LogP contribution in [0.15, 0.2) is 24.3 Å². The average Bonchev–Trinajstić information content (AvgIpc) is 2.14. The zero-order valence-electron chi connectivity index (χ0n) is 7.14. The molecule has 0 radical (unpaired) electrons. The molecule has 76 valence electrons. The van der Waals surface area contributed by atoms with E-state index in [-0.39, 0.29) is 6.54 Å². The molecule has 1 amide bonds. The third-order valence-corrected chi connectivity index (χ3v) is 1.79. The molecule has 14 heavy (non-hydrogen) atoms. The van der Waals surface area contributed by atoms with Crippen LogP contribution in [-0.2, 0) is 11.3 Å². The van der Waals surface area contributed by atoms with Crippen molar-refractivity contribution >= 4 is 17.5 Å². The lowest BCUT2D eigenvalue weighted by Crippen LogP contribution is -2.28. The van der Waals surface area contributed by atoms with Crippen molar-refractivity contribution in [3.05, 3.63) is 34.9 Å². The molecule has 1 rings (SSSR count). The van der Waals surface area contributed by atoms with Gasteiger partial charge in [0.05, 0.1) is 0 Å². The molecule has 0 aliphatic carbocycles. The monoisotopic (exact) mass is 219 g/mol. The van der Waals surface area contributed by atoms with Crippen molar-refractivity contribution in [3.63, 3.8) is 0 Å². The first-order valence-corrected chi connectivity index (χ1v) is 4.27. The Morgan fingerprint density at radius 1 is 1.50 bits per heavy atom. The molecule has 0 atom stereocenters. The summed E-state index contributed by atoms with van der Waals surface area (Å²) in [4.78, 5) is 10.5. The molecule has 1 N–H and O–H groups in total. The Hall–Kier alpha value is -1.16. The van der Waals surface area contributed by atoms with E-state index < -0.39 is 12.3 Å². The zero-order valence-corrected chi connectivity index (χ0v) is 7.89. The Morgan fingerprint density at radius 2 is 2.21 bits per heavy atom. The second-order valence-electron chi connectivity index (χ2n) is 2.65. The Kier molecular flexibility index (Phi) is 3.83.